The van der Waals surface area contributed by atoms with Gasteiger partial charge in [-0.05, 0) is 38.2 Å². The van der Waals surface area contributed by atoms with E-state index in [9.17, 15) is 4.79 Å². The van der Waals surface area contributed by atoms with Gasteiger partial charge in [0, 0.05) is 24.7 Å². The van der Waals surface area contributed by atoms with Crippen molar-refractivity contribution in [2.24, 2.45) is 5.92 Å². The van der Waals surface area contributed by atoms with Crippen LogP contribution in [-0.4, -0.2) is 62.7 Å². The second-order valence-electron chi connectivity index (χ2n) is 6.37. The van der Waals surface area contributed by atoms with E-state index in [4.69, 9.17) is 9.47 Å². The Balaban J connectivity index is 2.16. The Morgan fingerprint density at radius 2 is 2.12 bits per heavy atom. The average Bonchev–Trinajstić information content (AvgIpc) is 3.03. The fourth-order valence-corrected chi connectivity index (χ4v) is 3.26. The summed E-state index contributed by atoms with van der Waals surface area (Å²) in [5.41, 5.74) is 0.632. The van der Waals surface area contributed by atoms with Crippen LogP contribution < -0.4 is 9.47 Å². The minimum atomic E-state index is 0.0476. The van der Waals surface area contributed by atoms with Crippen molar-refractivity contribution in [1.82, 2.24) is 9.80 Å². The number of nitrogens with zero attached hydrogens (tertiary/aromatic N) is 2. The van der Waals surface area contributed by atoms with E-state index in [1.807, 2.05) is 4.90 Å². The fraction of sp³-hybridized carbons (Fsp3) is 0.526. The molecule has 24 heavy (non-hydrogen) atoms. The first-order valence-corrected chi connectivity index (χ1v) is 8.39. The van der Waals surface area contributed by atoms with Gasteiger partial charge in [-0.25, -0.2) is 0 Å². The van der Waals surface area contributed by atoms with Gasteiger partial charge in [-0.2, -0.15) is 0 Å². The lowest BCUT2D eigenvalue weighted by Crippen LogP contribution is -2.36. The molecule has 1 amide bonds. The van der Waals surface area contributed by atoms with Gasteiger partial charge in [0.05, 0.1) is 7.11 Å². The molecular formula is C19H28N2O3. The van der Waals surface area contributed by atoms with Crippen LogP contribution in [0.1, 0.15) is 23.7 Å². The number of benzene rings is 1. The normalized spacial score (nSPS) is 20.3. The molecule has 2 atom stereocenters. The Kier molecular flexibility index (Phi) is 6.26. The largest absolute Gasteiger partial charge is 0.493 e. The van der Waals surface area contributed by atoms with E-state index in [0.29, 0.717) is 35.6 Å². The standard InChI is InChI=1S/C19H28N2O3/c1-6-10-24-17-9-8-15(11-18(17)23-5)19(22)21-12-14(7-2)16(13-21)20(3)4/h6,8-9,11,14,16H,1,7,10,12-13H2,2-5H3/t14-,16-/m0/s1. The van der Waals surface area contributed by atoms with E-state index in [0.717, 1.165) is 19.5 Å². The lowest BCUT2D eigenvalue weighted by atomic mass is 10.0. The molecule has 5 nitrogen and oxygen atoms in total. The molecule has 0 N–H and O–H groups in total. The van der Waals surface area contributed by atoms with Gasteiger partial charge in [0.25, 0.3) is 5.91 Å². The van der Waals surface area contributed by atoms with Gasteiger partial charge in [0.15, 0.2) is 11.5 Å². The van der Waals surface area contributed by atoms with Crippen LogP contribution in [0, 0.1) is 5.92 Å². The molecule has 0 aromatic heterocycles. The monoisotopic (exact) mass is 332 g/mol. The SMILES string of the molecule is C=CCOc1ccc(C(=O)N2C[C@H](CC)[C@@H](N(C)C)C2)cc1OC. The van der Waals surface area contributed by atoms with Gasteiger partial charge < -0.3 is 19.3 Å². The number of carbonyl (C=O) groups excluding carboxylic acids is 1. The second-order valence-corrected chi connectivity index (χ2v) is 6.37. The molecule has 0 unspecified atom stereocenters. The van der Waals surface area contributed by atoms with Crippen molar-refractivity contribution in [2.45, 2.75) is 19.4 Å². The lowest BCUT2D eigenvalue weighted by Gasteiger charge is -2.23. The molecule has 1 aliphatic rings. The third-order valence-electron chi connectivity index (χ3n) is 4.65. The smallest absolute Gasteiger partial charge is 0.254 e. The zero-order valence-corrected chi connectivity index (χ0v) is 15.1. The van der Waals surface area contributed by atoms with Gasteiger partial charge in [0.2, 0.25) is 0 Å². The van der Waals surface area contributed by atoms with Crippen LogP contribution in [0.5, 0.6) is 11.5 Å². The first-order chi connectivity index (χ1) is 11.5. The van der Waals surface area contributed by atoms with Gasteiger partial charge in [-0.3, -0.25) is 4.79 Å². The molecule has 5 heteroatoms. The zero-order chi connectivity index (χ0) is 17.7. The van der Waals surface area contributed by atoms with Crippen molar-refractivity contribution in [3.8, 4) is 11.5 Å². The number of rotatable bonds is 7. The molecule has 1 fully saturated rings. The molecule has 1 aliphatic heterocycles. The average molecular weight is 332 g/mol. The van der Waals surface area contributed by atoms with Crippen molar-refractivity contribution in [3.05, 3.63) is 36.4 Å². The minimum absolute atomic E-state index is 0.0476. The summed E-state index contributed by atoms with van der Waals surface area (Å²) in [5.74, 6) is 1.75. The molecule has 0 radical (unpaired) electrons. The molecule has 0 aliphatic carbocycles. The van der Waals surface area contributed by atoms with Crippen LogP contribution in [0.15, 0.2) is 30.9 Å². The zero-order valence-electron chi connectivity index (χ0n) is 15.1. The first kappa shape index (κ1) is 18.3. The van der Waals surface area contributed by atoms with Crippen molar-refractivity contribution in [3.63, 3.8) is 0 Å². The highest BCUT2D eigenvalue weighted by molar-refractivity contribution is 5.95. The van der Waals surface area contributed by atoms with E-state index in [1.54, 1.807) is 31.4 Å². The molecule has 2 rings (SSSR count). The quantitative estimate of drug-likeness (QED) is 0.720. The summed E-state index contributed by atoms with van der Waals surface area (Å²) in [6.07, 6.45) is 2.75. The molecular weight excluding hydrogens is 304 g/mol. The summed E-state index contributed by atoms with van der Waals surface area (Å²) < 4.78 is 10.9. The topological polar surface area (TPSA) is 42.0 Å². The highest BCUT2D eigenvalue weighted by Crippen LogP contribution is 2.30. The summed E-state index contributed by atoms with van der Waals surface area (Å²) in [4.78, 5) is 17.0. The lowest BCUT2D eigenvalue weighted by molar-refractivity contribution is 0.0780. The molecule has 1 aromatic carbocycles. The van der Waals surface area contributed by atoms with Gasteiger partial charge >= 0.3 is 0 Å². The van der Waals surface area contributed by atoms with E-state index in [2.05, 4.69) is 32.5 Å². The summed E-state index contributed by atoms with van der Waals surface area (Å²) in [5, 5.41) is 0. The first-order valence-electron chi connectivity index (χ1n) is 8.39. The molecule has 1 heterocycles. The Labute approximate surface area is 144 Å². The second kappa shape index (κ2) is 8.20. The van der Waals surface area contributed by atoms with Gasteiger partial charge in [0.1, 0.15) is 6.61 Å². The predicted molar refractivity (Wildman–Crippen MR) is 95.8 cm³/mol. The molecule has 0 spiro atoms. The predicted octanol–water partition coefficient (Wildman–Crippen LogP) is 2.67. The van der Waals surface area contributed by atoms with E-state index >= 15 is 0 Å². The number of likely N-dealkylation sites (tertiary alicyclic amines) is 1. The van der Waals surface area contributed by atoms with Crippen molar-refractivity contribution in [2.75, 3.05) is 40.9 Å². The Hall–Kier alpha value is -2.01. The number of amides is 1. The van der Waals surface area contributed by atoms with Gasteiger partial charge in [-0.15, -0.1) is 0 Å². The maximum absolute atomic E-state index is 12.9. The van der Waals surface area contributed by atoms with E-state index in [1.165, 1.54) is 0 Å². The Bertz CT molecular complexity index is 586. The highest BCUT2D eigenvalue weighted by atomic mass is 16.5. The fourth-order valence-electron chi connectivity index (χ4n) is 3.26. The number of ether oxygens (including phenoxy) is 2. The number of hydrogen-bond donors (Lipinski definition) is 0. The highest BCUT2D eigenvalue weighted by Gasteiger charge is 2.35. The van der Waals surface area contributed by atoms with Gasteiger partial charge in [-0.1, -0.05) is 26.0 Å². The van der Waals surface area contributed by atoms with Crippen LogP contribution in [0.3, 0.4) is 0 Å². The third kappa shape index (κ3) is 3.90. The van der Waals surface area contributed by atoms with Crippen molar-refractivity contribution >= 4 is 5.91 Å². The van der Waals surface area contributed by atoms with Crippen molar-refractivity contribution in [1.29, 1.82) is 0 Å². The molecule has 0 saturated carbocycles. The summed E-state index contributed by atoms with van der Waals surface area (Å²) >= 11 is 0. The maximum atomic E-state index is 12.9. The number of likely N-dealkylation sites (N-methyl/N-ethyl adjacent to an activating group) is 1. The molecule has 1 aromatic rings. The van der Waals surface area contributed by atoms with Crippen LogP contribution in [0.25, 0.3) is 0 Å². The Morgan fingerprint density at radius 1 is 1.38 bits per heavy atom. The van der Waals surface area contributed by atoms with Crippen LogP contribution >= 0.6 is 0 Å². The van der Waals surface area contributed by atoms with Crippen molar-refractivity contribution < 1.29 is 14.3 Å². The number of methoxy groups -OCH3 is 1. The molecule has 132 valence electrons. The summed E-state index contributed by atoms with van der Waals surface area (Å²) in [6, 6.07) is 5.75. The molecule has 0 bridgehead atoms. The minimum Gasteiger partial charge on any atom is -0.493 e. The molecule has 1 saturated heterocycles. The van der Waals surface area contributed by atoms with E-state index in [-0.39, 0.29) is 5.91 Å². The third-order valence-corrected chi connectivity index (χ3v) is 4.65. The van der Waals surface area contributed by atoms with Crippen LogP contribution in [0.4, 0.5) is 0 Å². The number of hydrogen-bond acceptors (Lipinski definition) is 4. The van der Waals surface area contributed by atoms with Crippen LogP contribution in [-0.2, 0) is 0 Å². The Morgan fingerprint density at radius 3 is 2.67 bits per heavy atom. The number of carbonyl (C=O) groups is 1. The van der Waals surface area contributed by atoms with E-state index < -0.39 is 0 Å². The van der Waals surface area contributed by atoms with Crippen LogP contribution in [0.2, 0.25) is 0 Å². The maximum Gasteiger partial charge on any atom is 0.254 e. The summed E-state index contributed by atoms with van der Waals surface area (Å²) in [6.45, 7) is 7.79. The summed E-state index contributed by atoms with van der Waals surface area (Å²) in [7, 11) is 5.74.